The van der Waals surface area contributed by atoms with Crippen LogP contribution in [-0.4, -0.2) is 21.2 Å². The molecule has 0 radical (unpaired) electrons. The molecule has 3 aromatic carbocycles. The van der Waals surface area contributed by atoms with Gasteiger partial charge >= 0.3 is 12.1 Å². The van der Waals surface area contributed by atoms with Crippen molar-refractivity contribution in [2.24, 2.45) is 0 Å². The van der Waals surface area contributed by atoms with Crippen LogP contribution < -0.4 is 0 Å². The Kier molecular flexibility index (Phi) is 5.95. The monoisotopic (exact) mass is 469 g/mol. The number of carboxylic acids is 1. The van der Waals surface area contributed by atoms with E-state index in [-0.39, 0.29) is 23.3 Å². The molecular formula is C25H18F3NO3S. The third-order valence-corrected chi connectivity index (χ3v) is 6.40. The van der Waals surface area contributed by atoms with E-state index >= 15 is 0 Å². The molecule has 0 amide bonds. The first-order chi connectivity index (χ1) is 15.6. The van der Waals surface area contributed by atoms with E-state index in [0.717, 1.165) is 22.1 Å². The molecule has 0 bridgehead atoms. The molecule has 8 heteroatoms. The van der Waals surface area contributed by atoms with E-state index < -0.39 is 17.7 Å². The molecule has 1 aromatic heterocycles. The van der Waals surface area contributed by atoms with Crippen molar-refractivity contribution in [1.29, 1.82) is 0 Å². The Balaban J connectivity index is 1.66. The Morgan fingerprint density at radius 2 is 1.67 bits per heavy atom. The number of aromatic carboxylic acids is 1. The van der Waals surface area contributed by atoms with Gasteiger partial charge in [0.25, 0.3) is 0 Å². The van der Waals surface area contributed by atoms with Crippen molar-refractivity contribution in [2.75, 3.05) is 0 Å². The molecule has 0 aliphatic heterocycles. The SMILES string of the molecule is Cc1nc(Cc2ccccc2C(F)(F)F)sc1-c1cccc(-c2ccc(C(=O)O)c(O)c2)c1. The Morgan fingerprint density at radius 3 is 2.36 bits per heavy atom. The minimum Gasteiger partial charge on any atom is -0.507 e. The van der Waals surface area contributed by atoms with E-state index in [1.54, 1.807) is 12.1 Å². The van der Waals surface area contributed by atoms with Crippen molar-refractivity contribution < 1.29 is 28.2 Å². The highest BCUT2D eigenvalue weighted by atomic mass is 32.1. The van der Waals surface area contributed by atoms with Crippen molar-refractivity contribution in [1.82, 2.24) is 4.98 Å². The summed E-state index contributed by atoms with van der Waals surface area (Å²) in [7, 11) is 0. The van der Waals surface area contributed by atoms with Crippen LogP contribution in [0.3, 0.4) is 0 Å². The van der Waals surface area contributed by atoms with Crippen molar-refractivity contribution in [3.63, 3.8) is 0 Å². The molecule has 4 aromatic rings. The summed E-state index contributed by atoms with van der Waals surface area (Å²) in [5.41, 5.74) is 2.27. The number of phenols is 1. The summed E-state index contributed by atoms with van der Waals surface area (Å²) in [5.74, 6) is -1.54. The molecule has 1 heterocycles. The number of carboxylic acid groups (broad SMARTS) is 1. The maximum absolute atomic E-state index is 13.3. The Labute approximate surface area is 191 Å². The third kappa shape index (κ3) is 4.75. The maximum Gasteiger partial charge on any atom is 0.416 e. The number of thiazole rings is 1. The number of aromatic hydroxyl groups is 1. The van der Waals surface area contributed by atoms with E-state index in [9.17, 15) is 23.1 Å². The van der Waals surface area contributed by atoms with Crippen LogP contribution in [0.5, 0.6) is 5.75 Å². The molecule has 0 aliphatic rings. The molecule has 0 spiro atoms. The highest BCUT2D eigenvalue weighted by molar-refractivity contribution is 7.15. The standard InChI is InChI=1S/C25H18F3NO3S/c1-14-23(33-22(29-14)13-17-5-2-3-8-20(17)25(26,27)28)18-7-4-6-15(11-18)16-9-10-19(24(31)32)21(30)12-16/h2-12,30H,13H2,1H3,(H,31,32). The lowest BCUT2D eigenvalue weighted by Gasteiger charge is -2.11. The molecule has 0 unspecified atom stereocenters. The lowest BCUT2D eigenvalue weighted by molar-refractivity contribution is -0.138. The van der Waals surface area contributed by atoms with E-state index in [0.29, 0.717) is 16.3 Å². The average Bonchev–Trinajstić information content (AvgIpc) is 3.13. The minimum absolute atomic E-state index is 0.0748. The van der Waals surface area contributed by atoms with Gasteiger partial charge < -0.3 is 10.2 Å². The average molecular weight is 469 g/mol. The summed E-state index contributed by atoms with van der Waals surface area (Å²) in [6.07, 6.45) is -4.35. The van der Waals surface area contributed by atoms with Gasteiger partial charge in [-0.3, -0.25) is 0 Å². The van der Waals surface area contributed by atoms with Crippen LogP contribution in [0.15, 0.2) is 66.7 Å². The number of nitrogens with zero attached hydrogens (tertiary/aromatic N) is 1. The largest absolute Gasteiger partial charge is 0.507 e. The Hall–Kier alpha value is -3.65. The van der Waals surface area contributed by atoms with Gasteiger partial charge in [-0.05, 0) is 53.4 Å². The van der Waals surface area contributed by atoms with Crippen LogP contribution >= 0.6 is 11.3 Å². The maximum atomic E-state index is 13.3. The minimum atomic E-state index is -4.43. The molecule has 0 saturated heterocycles. The van der Waals surface area contributed by atoms with Gasteiger partial charge in [0.15, 0.2) is 0 Å². The summed E-state index contributed by atoms with van der Waals surface area (Å²) in [6, 6.07) is 17.2. The van der Waals surface area contributed by atoms with E-state index in [4.69, 9.17) is 5.11 Å². The predicted octanol–water partition coefficient (Wildman–Crippen LogP) is 6.80. The summed E-state index contributed by atoms with van der Waals surface area (Å²) in [4.78, 5) is 16.5. The van der Waals surface area contributed by atoms with Gasteiger partial charge in [-0.25, -0.2) is 9.78 Å². The lowest BCUT2D eigenvalue weighted by Crippen LogP contribution is -2.09. The second kappa shape index (κ2) is 8.71. The zero-order chi connectivity index (χ0) is 23.8. The molecule has 0 fully saturated rings. The van der Waals surface area contributed by atoms with E-state index in [1.807, 2.05) is 31.2 Å². The highest BCUT2D eigenvalue weighted by Gasteiger charge is 2.33. The fourth-order valence-electron chi connectivity index (χ4n) is 3.64. The molecule has 0 atom stereocenters. The molecule has 2 N–H and O–H groups in total. The van der Waals surface area contributed by atoms with Crippen LogP contribution in [0.4, 0.5) is 13.2 Å². The smallest absolute Gasteiger partial charge is 0.416 e. The van der Waals surface area contributed by atoms with E-state index in [2.05, 4.69) is 4.98 Å². The number of aromatic nitrogens is 1. The highest BCUT2D eigenvalue weighted by Crippen LogP contribution is 2.37. The van der Waals surface area contributed by atoms with E-state index in [1.165, 1.54) is 35.6 Å². The summed E-state index contributed by atoms with van der Waals surface area (Å²) in [6.45, 7) is 1.81. The predicted molar refractivity (Wildman–Crippen MR) is 121 cm³/mol. The van der Waals surface area contributed by atoms with Crippen molar-refractivity contribution in [2.45, 2.75) is 19.5 Å². The van der Waals surface area contributed by atoms with Crippen LogP contribution in [0.2, 0.25) is 0 Å². The number of carbonyl (C=O) groups is 1. The van der Waals surface area contributed by atoms with Gasteiger partial charge in [-0.1, -0.05) is 42.5 Å². The van der Waals surface area contributed by atoms with Crippen molar-refractivity contribution in [3.05, 3.63) is 94.1 Å². The van der Waals surface area contributed by atoms with Crippen LogP contribution in [-0.2, 0) is 12.6 Å². The first-order valence-electron chi connectivity index (χ1n) is 9.92. The quantitative estimate of drug-likeness (QED) is 0.337. The summed E-state index contributed by atoms with van der Waals surface area (Å²) >= 11 is 1.33. The van der Waals surface area contributed by atoms with Crippen molar-refractivity contribution >= 4 is 17.3 Å². The lowest BCUT2D eigenvalue weighted by atomic mass is 10.0. The fraction of sp³-hybridized carbons (Fsp3) is 0.120. The molecule has 0 aliphatic carbocycles. The number of aryl methyl sites for hydroxylation is 1. The fourth-order valence-corrected chi connectivity index (χ4v) is 4.73. The van der Waals surface area contributed by atoms with Crippen molar-refractivity contribution in [3.8, 4) is 27.3 Å². The van der Waals surface area contributed by atoms with Gasteiger partial charge in [-0.2, -0.15) is 13.2 Å². The number of hydrogen-bond donors (Lipinski definition) is 2. The van der Waals surface area contributed by atoms with Crippen LogP contribution in [0.1, 0.15) is 32.2 Å². The normalized spacial score (nSPS) is 11.5. The first kappa shape index (κ1) is 22.5. The molecule has 168 valence electrons. The Morgan fingerprint density at radius 1 is 0.970 bits per heavy atom. The second-order valence-electron chi connectivity index (χ2n) is 7.47. The number of benzene rings is 3. The van der Waals surface area contributed by atoms with Gasteiger partial charge in [0.1, 0.15) is 11.3 Å². The third-order valence-electron chi connectivity index (χ3n) is 5.19. The molecule has 4 nitrogen and oxygen atoms in total. The van der Waals surface area contributed by atoms with Crippen LogP contribution in [0.25, 0.3) is 21.6 Å². The zero-order valence-electron chi connectivity index (χ0n) is 17.3. The molecule has 4 rings (SSSR count). The van der Waals surface area contributed by atoms with Gasteiger partial charge in [0, 0.05) is 6.42 Å². The number of rotatable bonds is 5. The number of hydrogen-bond acceptors (Lipinski definition) is 4. The zero-order valence-corrected chi connectivity index (χ0v) is 18.2. The number of halogens is 3. The van der Waals surface area contributed by atoms with Gasteiger partial charge in [-0.15, -0.1) is 11.3 Å². The van der Waals surface area contributed by atoms with Crippen LogP contribution in [0, 0.1) is 6.92 Å². The van der Waals surface area contributed by atoms with Gasteiger partial charge in [0.05, 0.1) is 21.1 Å². The molecule has 33 heavy (non-hydrogen) atoms. The second-order valence-corrected chi connectivity index (χ2v) is 8.56. The van der Waals surface area contributed by atoms with Gasteiger partial charge in [0.2, 0.25) is 0 Å². The summed E-state index contributed by atoms with van der Waals surface area (Å²) in [5, 5.41) is 19.7. The topological polar surface area (TPSA) is 70.4 Å². The first-order valence-corrected chi connectivity index (χ1v) is 10.7. The molecular weight excluding hydrogens is 451 g/mol. The molecule has 0 saturated carbocycles. The Bertz CT molecular complexity index is 1340. The number of alkyl halides is 3. The summed E-state index contributed by atoms with van der Waals surface area (Å²) < 4.78 is 40.0.